The Bertz CT molecular complexity index is 584. The van der Waals surface area contributed by atoms with Crippen molar-refractivity contribution in [3.05, 3.63) is 53.9 Å². The third-order valence-electron chi connectivity index (χ3n) is 2.92. The van der Waals surface area contributed by atoms with Gasteiger partial charge in [-0.3, -0.25) is 0 Å². The molecule has 19 heavy (non-hydrogen) atoms. The zero-order chi connectivity index (χ0) is 13.9. The average Bonchev–Trinajstić information content (AvgIpc) is 2.39. The van der Waals surface area contributed by atoms with Gasteiger partial charge in [0.05, 0.1) is 11.9 Å². The zero-order valence-electron chi connectivity index (χ0n) is 11.4. The second kappa shape index (κ2) is 5.11. The van der Waals surface area contributed by atoms with Crippen molar-refractivity contribution in [3.8, 4) is 6.07 Å². The summed E-state index contributed by atoms with van der Waals surface area (Å²) in [5.74, 6) is 0. The summed E-state index contributed by atoms with van der Waals surface area (Å²) >= 11 is 0. The SMILES string of the molecule is CC(C)(C)c1ccc(Nc2ccc(C#N)nc2)cc1. The highest BCUT2D eigenvalue weighted by Crippen LogP contribution is 2.24. The Kier molecular flexibility index (Phi) is 3.52. The number of benzene rings is 1. The van der Waals surface area contributed by atoms with E-state index in [0.717, 1.165) is 11.4 Å². The Morgan fingerprint density at radius 1 is 1.00 bits per heavy atom. The molecule has 1 aromatic heterocycles. The summed E-state index contributed by atoms with van der Waals surface area (Å²) in [7, 11) is 0. The van der Waals surface area contributed by atoms with Crippen molar-refractivity contribution < 1.29 is 0 Å². The molecule has 1 heterocycles. The van der Waals surface area contributed by atoms with Gasteiger partial charge in [0.25, 0.3) is 0 Å². The minimum Gasteiger partial charge on any atom is -0.354 e. The molecule has 1 aromatic carbocycles. The van der Waals surface area contributed by atoms with E-state index in [1.54, 1.807) is 12.3 Å². The molecule has 1 N–H and O–H groups in total. The van der Waals surface area contributed by atoms with Crippen LogP contribution in [0, 0.1) is 11.3 Å². The Morgan fingerprint density at radius 3 is 2.11 bits per heavy atom. The molecule has 0 spiro atoms. The van der Waals surface area contributed by atoms with Crippen molar-refractivity contribution in [2.75, 3.05) is 5.32 Å². The van der Waals surface area contributed by atoms with Gasteiger partial charge in [-0.25, -0.2) is 4.98 Å². The van der Waals surface area contributed by atoms with E-state index in [1.807, 2.05) is 12.1 Å². The van der Waals surface area contributed by atoms with Crippen molar-refractivity contribution in [2.24, 2.45) is 0 Å². The van der Waals surface area contributed by atoms with E-state index in [1.165, 1.54) is 5.56 Å². The molecule has 0 aliphatic rings. The summed E-state index contributed by atoms with van der Waals surface area (Å²) in [6, 6.07) is 13.9. The summed E-state index contributed by atoms with van der Waals surface area (Å²) in [6.07, 6.45) is 1.66. The number of nitrogens with one attached hydrogen (secondary N) is 1. The Hall–Kier alpha value is -2.34. The van der Waals surface area contributed by atoms with E-state index in [9.17, 15) is 0 Å². The van der Waals surface area contributed by atoms with Crippen LogP contribution in [0.3, 0.4) is 0 Å². The number of hydrogen-bond donors (Lipinski definition) is 1. The van der Waals surface area contributed by atoms with Gasteiger partial charge in [0.2, 0.25) is 0 Å². The number of nitrogens with zero attached hydrogens (tertiary/aromatic N) is 2. The van der Waals surface area contributed by atoms with E-state index in [0.29, 0.717) is 5.69 Å². The van der Waals surface area contributed by atoms with Crippen LogP contribution in [0.25, 0.3) is 0 Å². The van der Waals surface area contributed by atoms with Gasteiger partial charge in [0.15, 0.2) is 0 Å². The van der Waals surface area contributed by atoms with E-state index in [-0.39, 0.29) is 5.41 Å². The molecule has 0 radical (unpaired) electrons. The Morgan fingerprint density at radius 2 is 1.63 bits per heavy atom. The summed E-state index contributed by atoms with van der Waals surface area (Å²) in [5.41, 5.74) is 3.78. The molecule has 3 heteroatoms. The van der Waals surface area contributed by atoms with Crippen molar-refractivity contribution in [1.29, 1.82) is 5.26 Å². The summed E-state index contributed by atoms with van der Waals surface area (Å²) in [5, 5.41) is 12.0. The van der Waals surface area contributed by atoms with Crippen molar-refractivity contribution in [1.82, 2.24) is 4.98 Å². The number of nitriles is 1. The standard InChI is InChI=1S/C16H17N3/c1-16(2,3)12-4-6-13(7-5-12)19-15-9-8-14(10-17)18-11-15/h4-9,11,19H,1-3H3. The predicted octanol–water partition coefficient (Wildman–Crippen LogP) is 3.99. The van der Waals surface area contributed by atoms with Crippen LogP contribution >= 0.6 is 0 Å². The molecular weight excluding hydrogens is 234 g/mol. The number of hydrogen-bond acceptors (Lipinski definition) is 3. The highest BCUT2D eigenvalue weighted by Gasteiger charge is 2.12. The quantitative estimate of drug-likeness (QED) is 0.877. The number of aromatic nitrogens is 1. The number of anilines is 2. The molecular formula is C16H17N3. The summed E-state index contributed by atoms with van der Waals surface area (Å²) < 4.78 is 0. The first-order chi connectivity index (χ1) is 8.99. The smallest absolute Gasteiger partial charge is 0.140 e. The average molecular weight is 251 g/mol. The minimum atomic E-state index is 0.161. The first-order valence-electron chi connectivity index (χ1n) is 6.23. The van der Waals surface area contributed by atoms with E-state index < -0.39 is 0 Å². The molecule has 96 valence electrons. The van der Waals surface area contributed by atoms with Gasteiger partial charge in [-0.05, 0) is 35.2 Å². The first-order valence-corrected chi connectivity index (χ1v) is 6.23. The fraction of sp³-hybridized carbons (Fsp3) is 0.250. The lowest BCUT2D eigenvalue weighted by Crippen LogP contribution is -2.10. The van der Waals surface area contributed by atoms with Crippen LogP contribution in [0.5, 0.6) is 0 Å². The minimum absolute atomic E-state index is 0.161. The second-order valence-electron chi connectivity index (χ2n) is 5.50. The molecule has 0 saturated heterocycles. The van der Waals surface area contributed by atoms with Gasteiger partial charge in [-0.1, -0.05) is 32.9 Å². The predicted molar refractivity (Wildman–Crippen MR) is 77.4 cm³/mol. The fourth-order valence-electron chi connectivity index (χ4n) is 1.75. The van der Waals surface area contributed by atoms with E-state index in [2.05, 4.69) is 55.3 Å². The maximum atomic E-state index is 8.69. The number of pyridine rings is 1. The molecule has 2 rings (SSSR count). The molecule has 0 bridgehead atoms. The molecule has 0 unspecified atom stereocenters. The lowest BCUT2D eigenvalue weighted by atomic mass is 9.87. The third-order valence-corrected chi connectivity index (χ3v) is 2.92. The van der Waals surface area contributed by atoms with E-state index in [4.69, 9.17) is 5.26 Å². The van der Waals surface area contributed by atoms with Crippen LogP contribution in [0.15, 0.2) is 42.6 Å². The summed E-state index contributed by atoms with van der Waals surface area (Å²) in [6.45, 7) is 6.58. The van der Waals surface area contributed by atoms with Gasteiger partial charge in [-0.15, -0.1) is 0 Å². The van der Waals surface area contributed by atoms with Crippen LogP contribution in [0.4, 0.5) is 11.4 Å². The van der Waals surface area contributed by atoms with Crippen LogP contribution < -0.4 is 5.32 Å². The van der Waals surface area contributed by atoms with Crippen LogP contribution in [-0.2, 0) is 5.41 Å². The van der Waals surface area contributed by atoms with Crippen molar-refractivity contribution in [2.45, 2.75) is 26.2 Å². The zero-order valence-corrected chi connectivity index (χ0v) is 11.4. The molecule has 2 aromatic rings. The molecule has 3 nitrogen and oxygen atoms in total. The summed E-state index contributed by atoms with van der Waals surface area (Å²) in [4.78, 5) is 4.03. The lowest BCUT2D eigenvalue weighted by molar-refractivity contribution is 0.590. The number of rotatable bonds is 2. The Labute approximate surface area is 113 Å². The fourth-order valence-corrected chi connectivity index (χ4v) is 1.75. The normalized spacial score (nSPS) is 10.8. The van der Waals surface area contributed by atoms with Crippen LogP contribution in [0.2, 0.25) is 0 Å². The van der Waals surface area contributed by atoms with Crippen LogP contribution in [-0.4, -0.2) is 4.98 Å². The lowest BCUT2D eigenvalue weighted by Gasteiger charge is -2.19. The second-order valence-corrected chi connectivity index (χ2v) is 5.50. The molecule has 0 aliphatic heterocycles. The molecule has 0 atom stereocenters. The molecule has 0 amide bonds. The molecule has 0 saturated carbocycles. The van der Waals surface area contributed by atoms with Crippen molar-refractivity contribution in [3.63, 3.8) is 0 Å². The highest BCUT2D eigenvalue weighted by atomic mass is 14.9. The topological polar surface area (TPSA) is 48.7 Å². The van der Waals surface area contributed by atoms with Gasteiger partial charge in [0.1, 0.15) is 11.8 Å². The third kappa shape index (κ3) is 3.32. The monoisotopic (exact) mass is 251 g/mol. The highest BCUT2D eigenvalue weighted by molar-refractivity contribution is 5.59. The maximum absolute atomic E-state index is 8.69. The van der Waals surface area contributed by atoms with Gasteiger partial charge in [0, 0.05) is 5.69 Å². The van der Waals surface area contributed by atoms with Gasteiger partial charge in [-0.2, -0.15) is 5.26 Å². The molecule has 0 aliphatic carbocycles. The van der Waals surface area contributed by atoms with Gasteiger partial charge < -0.3 is 5.32 Å². The van der Waals surface area contributed by atoms with Crippen LogP contribution in [0.1, 0.15) is 32.0 Å². The van der Waals surface area contributed by atoms with Gasteiger partial charge >= 0.3 is 0 Å². The largest absolute Gasteiger partial charge is 0.354 e. The van der Waals surface area contributed by atoms with Crippen molar-refractivity contribution >= 4 is 11.4 Å². The first kappa shape index (κ1) is 13.1. The Balaban J connectivity index is 2.13. The molecule has 0 fully saturated rings. The maximum Gasteiger partial charge on any atom is 0.140 e. The van der Waals surface area contributed by atoms with E-state index >= 15 is 0 Å².